The van der Waals surface area contributed by atoms with Crippen LogP contribution < -0.4 is 5.32 Å². The summed E-state index contributed by atoms with van der Waals surface area (Å²) in [6.45, 7) is 2.79. The van der Waals surface area contributed by atoms with Gasteiger partial charge >= 0.3 is 0 Å². The molecule has 0 unspecified atom stereocenters. The molecule has 6 heteroatoms. The van der Waals surface area contributed by atoms with Crippen LogP contribution in [0.3, 0.4) is 0 Å². The fourth-order valence-corrected chi connectivity index (χ4v) is 4.57. The third-order valence-electron chi connectivity index (χ3n) is 4.56. The van der Waals surface area contributed by atoms with E-state index in [1.165, 1.54) is 5.69 Å². The molecule has 0 atom stereocenters. The highest BCUT2D eigenvalue weighted by molar-refractivity contribution is 7.89. The van der Waals surface area contributed by atoms with Crippen molar-refractivity contribution in [2.45, 2.75) is 37.2 Å². The molecule has 5 nitrogen and oxygen atoms in total. The summed E-state index contributed by atoms with van der Waals surface area (Å²) >= 11 is 0. The fourth-order valence-electron chi connectivity index (χ4n) is 3.05. The lowest BCUT2D eigenvalue weighted by atomic mass is 10.2. The van der Waals surface area contributed by atoms with Crippen LogP contribution in [0.2, 0.25) is 0 Å². The molecule has 0 bridgehead atoms. The van der Waals surface area contributed by atoms with Gasteiger partial charge in [-0.05, 0) is 42.7 Å². The topological polar surface area (TPSA) is 54.3 Å². The van der Waals surface area contributed by atoms with E-state index in [9.17, 15) is 8.42 Å². The van der Waals surface area contributed by atoms with E-state index < -0.39 is 10.0 Å². The summed E-state index contributed by atoms with van der Waals surface area (Å²) in [4.78, 5) is 0.399. The summed E-state index contributed by atoms with van der Waals surface area (Å²) in [6.07, 6.45) is 5.07. The summed E-state index contributed by atoms with van der Waals surface area (Å²) in [7, 11) is -1.31. The van der Waals surface area contributed by atoms with E-state index in [0.29, 0.717) is 18.0 Å². The number of sulfonamides is 1. The molecule has 1 aromatic heterocycles. The molecule has 0 amide bonds. The SMILES string of the molecule is Cn1cccc1CNCc1ccc(S(=O)(=O)N2CCCCC2)cc1. The Hall–Kier alpha value is -1.63. The number of benzene rings is 1. The van der Waals surface area contributed by atoms with E-state index in [2.05, 4.69) is 16.0 Å². The maximum absolute atomic E-state index is 12.6. The highest BCUT2D eigenvalue weighted by Crippen LogP contribution is 2.20. The van der Waals surface area contributed by atoms with Crippen molar-refractivity contribution in [3.8, 4) is 0 Å². The van der Waals surface area contributed by atoms with Crippen LogP contribution in [0.15, 0.2) is 47.5 Å². The predicted molar refractivity (Wildman–Crippen MR) is 95.0 cm³/mol. The summed E-state index contributed by atoms with van der Waals surface area (Å²) in [6, 6.07) is 11.4. The molecule has 0 aliphatic carbocycles. The highest BCUT2D eigenvalue weighted by Gasteiger charge is 2.25. The summed E-state index contributed by atoms with van der Waals surface area (Å²) in [5.41, 5.74) is 2.31. The second-order valence-corrected chi connectivity index (χ2v) is 8.26. The second-order valence-electron chi connectivity index (χ2n) is 6.32. The molecule has 1 aliphatic heterocycles. The van der Waals surface area contributed by atoms with Crippen LogP contribution in [-0.2, 0) is 30.2 Å². The van der Waals surface area contributed by atoms with Crippen molar-refractivity contribution in [2.75, 3.05) is 13.1 Å². The molecule has 24 heavy (non-hydrogen) atoms. The zero-order valence-corrected chi connectivity index (χ0v) is 14.9. The minimum atomic E-state index is -3.33. The Bertz CT molecular complexity index is 760. The quantitative estimate of drug-likeness (QED) is 0.873. The molecule has 2 aromatic rings. The van der Waals surface area contributed by atoms with Gasteiger partial charge in [0.05, 0.1) is 4.90 Å². The monoisotopic (exact) mass is 347 g/mol. The molecular formula is C18H25N3O2S. The first-order chi connectivity index (χ1) is 11.6. The number of hydrogen-bond donors (Lipinski definition) is 1. The Kier molecular flexibility index (Phi) is 5.38. The Morgan fingerprint density at radius 1 is 1.00 bits per heavy atom. The van der Waals surface area contributed by atoms with Crippen molar-refractivity contribution < 1.29 is 8.42 Å². The fraction of sp³-hybridized carbons (Fsp3) is 0.444. The molecule has 1 fully saturated rings. The Morgan fingerprint density at radius 3 is 2.33 bits per heavy atom. The molecule has 3 rings (SSSR count). The van der Waals surface area contributed by atoms with Crippen molar-refractivity contribution >= 4 is 10.0 Å². The van der Waals surface area contributed by atoms with E-state index in [4.69, 9.17) is 0 Å². The summed E-state index contributed by atoms with van der Waals surface area (Å²) in [5.74, 6) is 0. The molecule has 0 radical (unpaired) electrons. The molecule has 1 N–H and O–H groups in total. The van der Waals surface area contributed by atoms with E-state index in [-0.39, 0.29) is 0 Å². The molecule has 2 heterocycles. The van der Waals surface area contributed by atoms with E-state index in [1.54, 1.807) is 16.4 Å². The van der Waals surface area contributed by atoms with Crippen LogP contribution in [-0.4, -0.2) is 30.4 Å². The highest BCUT2D eigenvalue weighted by atomic mass is 32.2. The normalized spacial score (nSPS) is 16.4. The van der Waals surface area contributed by atoms with Crippen molar-refractivity contribution in [1.29, 1.82) is 0 Å². The van der Waals surface area contributed by atoms with Gasteiger partial charge in [0.1, 0.15) is 0 Å². The number of nitrogens with zero attached hydrogens (tertiary/aromatic N) is 2. The van der Waals surface area contributed by atoms with Gasteiger partial charge in [-0.2, -0.15) is 4.31 Å². The molecule has 0 saturated carbocycles. The first kappa shape index (κ1) is 17.2. The standard InChI is InChI=1S/C18H25N3O2S/c1-20-11-5-6-17(20)15-19-14-16-7-9-18(10-8-16)24(22,23)21-12-3-2-4-13-21/h5-11,19H,2-4,12-15H2,1H3. The van der Waals surface area contributed by atoms with Gasteiger partial charge in [-0.25, -0.2) is 8.42 Å². The largest absolute Gasteiger partial charge is 0.353 e. The smallest absolute Gasteiger partial charge is 0.243 e. The average molecular weight is 347 g/mol. The van der Waals surface area contributed by atoms with Gasteiger partial charge in [-0.1, -0.05) is 18.6 Å². The Morgan fingerprint density at radius 2 is 1.71 bits per heavy atom. The van der Waals surface area contributed by atoms with Gasteiger partial charge in [0, 0.05) is 45.1 Å². The Labute approximate surface area is 144 Å². The van der Waals surface area contributed by atoms with Crippen molar-refractivity contribution in [3.05, 3.63) is 53.9 Å². The van der Waals surface area contributed by atoms with Gasteiger partial charge in [-0.15, -0.1) is 0 Å². The van der Waals surface area contributed by atoms with Crippen LogP contribution >= 0.6 is 0 Å². The second kappa shape index (κ2) is 7.51. The van der Waals surface area contributed by atoms with Crippen LogP contribution in [0.1, 0.15) is 30.5 Å². The zero-order valence-electron chi connectivity index (χ0n) is 14.1. The van der Waals surface area contributed by atoms with Gasteiger partial charge in [0.25, 0.3) is 0 Å². The first-order valence-electron chi connectivity index (χ1n) is 8.47. The van der Waals surface area contributed by atoms with E-state index >= 15 is 0 Å². The van der Waals surface area contributed by atoms with Crippen LogP contribution in [0.4, 0.5) is 0 Å². The number of nitrogens with one attached hydrogen (secondary N) is 1. The number of piperidine rings is 1. The number of aromatic nitrogens is 1. The van der Waals surface area contributed by atoms with Crippen molar-refractivity contribution in [3.63, 3.8) is 0 Å². The molecule has 0 spiro atoms. The minimum absolute atomic E-state index is 0.399. The van der Waals surface area contributed by atoms with Crippen LogP contribution in [0, 0.1) is 0 Å². The van der Waals surface area contributed by atoms with E-state index in [0.717, 1.165) is 37.9 Å². The molecule has 1 aliphatic rings. The van der Waals surface area contributed by atoms with Crippen LogP contribution in [0.25, 0.3) is 0 Å². The number of hydrogen-bond acceptors (Lipinski definition) is 3. The molecular weight excluding hydrogens is 322 g/mol. The molecule has 1 aromatic carbocycles. The molecule has 1 saturated heterocycles. The zero-order chi connectivity index (χ0) is 17.0. The number of rotatable bonds is 6. The van der Waals surface area contributed by atoms with Gasteiger partial charge in [0.15, 0.2) is 0 Å². The predicted octanol–water partition coefficient (Wildman–Crippen LogP) is 2.49. The third-order valence-corrected chi connectivity index (χ3v) is 6.48. The van der Waals surface area contributed by atoms with Crippen molar-refractivity contribution in [1.82, 2.24) is 14.2 Å². The molecule has 130 valence electrons. The first-order valence-corrected chi connectivity index (χ1v) is 9.91. The average Bonchev–Trinajstić information content (AvgIpc) is 3.01. The van der Waals surface area contributed by atoms with Crippen molar-refractivity contribution in [2.24, 2.45) is 7.05 Å². The maximum atomic E-state index is 12.6. The summed E-state index contributed by atoms with van der Waals surface area (Å²) in [5, 5.41) is 3.39. The van der Waals surface area contributed by atoms with Gasteiger partial charge < -0.3 is 9.88 Å². The third kappa shape index (κ3) is 3.88. The number of aryl methyl sites for hydroxylation is 1. The minimum Gasteiger partial charge on any atom is -0.353 e. The summed E-state index contributed by atoms with van der Waals surface area (Å²) < 4.78 is 28.9. The van der Waals surface area contributed by atoms with Gasteiger partial charge in [-0.3, -0.25) is 0 Å². The lowest BCUT2D eigenvalue weighted by molar-refractivity contribution is 0.346. The van der Waals surface area contributed by atoms with Gasteiger partial charge in [0.2, 0.25) is 10.0 Å². The van der Waals surface area contributed by atoms with E-state index in [1.807, 2.05) is 31.4 Å². The lowest BCUT2D eigenvalue weighted by Gasteiger charge is -2.25. The lowest BCUT2D eigenvalue weighted by Crippen LogP contribution is -2.35. The van der Waals surface area contributed by atoms with Crippen LogP contribution in [0.5, 0.6) is 0 Å². The maximum Gasteiger partial charge on any atom is 0.243 e. The Balaban J connectivity index is 1.59.